The fourth-order valence-corrected chi connectivity index (χ4v) is 1.75. The molecule has 3 heteroatoms. The van der Waals surface area contributed by atoms with Crippen molar-refractivity contribution in [1.82, 2.24) is 0 Å². The molecule has 0 aliphatic rings. The van der Waals surface area contributed by atoms with Crippen molar-refractivity contribution < 1.29 is 14.3 Å². The topological polar surface area (TPSA) is 37.3 Å². The second kappa shape index (κ2) is 4.64. The molecule has 1 rings (SSSR count). The smallest absolute Gasteiger partial charge is 0.303 e. The molecule has 0 amide bonds. The Balaban J connectivity index is 2.88. The highest BCUT2D eigenvalue weighted by Gasteiger charge is 2.29. The van der Waals surface area contributed by atoms with E-state index in [4.69, 9.17) is 5.11 Å². The fourth-order valence-electron chi connectivity index (χ4n) is 1.75. The number of benzene rings is 1. The van der Waals surface area contributed by atoms with Crippen LogP contribution < -0.4 is 0 Å². The van der Waals surface area contributed by atoms with Crippen LogP contribution in [0.25, 0.3) is 0 Å². The number of aliphatic carboxylic acids is 1. The quantitative estimate of drug-likeness (QED) is 0.850. The van der Waals surface area contributed by atoms with Crippen LogP contribution >= 0.6 is 0 Å². The lowest BCUT2D eigenvalue weighted by Crippen LogP contribution is -2.23. The molecule has 1 unspecified atom stereocenters. The van der Waals surface area contributed by atoms with E-state index in [0.717, 1.165) is 5.56 Å². The molecule has 88 valence electrons. The Hall–Kier alpha value is -1.38. The molecule has 0 aliphatic heterocycles. The van der Waals surface area contributed by atoms with Crippen LogP contribution in [0.2, 0.25) is 0 Å². The molecule has 0 saturated heterocycles. The molecular weight excluding hydrogens is 207 g/mol. The van der Waals surface area contributed by atoms with Crippen LogP contribution in [0.15, 0.2) is 24.3 Å². The van der Waals surface area contributed by atoms with Crippen molar-refractivity contribution in [3.05, 3.63) is 35.6 Å². The summed E-state index contributed by atoms with van der Waals surface area (Å²) in [6.07, 6.45) is 0.103. The zero-order valence-corrected chi connectivity index (χ0v) is 9.83. The van der Waals surface area contributed by atoms with Gasteiger partial charge in [0.1, 0.15) is 5.82 Å². The Morgan fingerprint density at radius 2 is 1.88 bits per heavy atom. The van der Waals surface area contributed by atoms with Crippen molar-refractivity contribution >= 4 is 5.97 Å². The van der Waals surface area contributed by atoms with Crippen LogP contribution in [-0.4, -0.2) is 11.1 Å². The van der Waals surface area contributed by atoms with Gasteiger partial charge >= 0.3 is 5.97 Å². The van der Waals surface area contributed by atoms with E-state index in [0.29, 0.717) is 0 Å². The minimum atomic E-state index is -0.807. The van der Waals surface area contributed by atoms with Crippen LogP contribution in [0.5, 0.6) is 0 Å². The highest BCUT2D eigenvalue weighted by Crippen LogP contribution is 2.37. The number of hydrogen-bond acceptors (Lipinski definition) is 1. The van der Waals surface area contributed by atoms with Crippen molar-refractivity contribution in [2.24, 2.45) is 5.41 Å². The van der Waals surface area contributed by atoms with Gasteiger partial charge in [-0.25, -0.2) is 4.39 Å². The lowest BCUT2D eigenvalue weighted by molar-refractivity contribution is -0.139. The van der Waals surface area contributed by atoms with Crippen molar-refractivity contribution in [3.63, 3.8) is 0 Å². The van der Waals surface area contributed by atoms with Crippen molar-refractivity contribution in [2.75, 3.05) is 0 Å². The van der Waals surface area contributed by atoms with Crippen LogP contribution in [0, 0.1) is 11.2 Å². The van der Waals surface area contributed by atoms with E-state index in [2.05, 4.69) is 0 Å². The number of carbonyl (C=O) groups is 1. The molecule has 2 nitrogen and oxygen atoms in total. The van der Waals surface area contributed by atoms with Crippen molar-refractivity contribution in [2.45, 2.75) is 33.1 Å². The SMILES string of the molecule is CC(c1ccc(F)cc1)C(C)(C)CC(=O)O. The number of rotatable bonds is 4. The maximum absolute atomic E-state index is 12.8. The second-order valence-corrected chi connectivity index (χ2v) is 4.83. The van der Waals surface area contributed by atoms with Gasteiger partial charge in [-0.05, 0) is 29.0 Å². The lowest BCUT2D eigenvalue weighted by Gasteiger charge is -2.30. The standard InChI is InChI=1S/C13H17FO2/c1-9(13(2,3)8-12(15)16)10-4-6-11(14)7-5-10/h4-7,9H,8H2,1-3H3,(H,15,16). The number of carboxylic acids is 1. The first-order valence-corrected chi connectivity index (χ1v) is 5.30. The van der Waals surface area contributed by atoms with Gasteiger partial charge in [0.05, 0.1) is 6.42 Å². The third-order valence-electron chi connectivity index (χ3n) is 3.15. The molecule has 1 atom stereocenters. The Bertz CT molecular complexity index is 368. The van der Waals surface area contributed by atoms with Gasteiger partial charge in [-0.15, -0.1) is 0 Å². The number of hydrogen-bond donors (Lipinski definition) is 1. The molecule has 0 heterocycles. The average molecular weight is 224 g/mol. The molecule has 0 radical (unpaired) electrons. The van der Waals surface area contributed by atoms with Gasteiger partial charge in [0.15, 0.2) is 0 Å². The molecule has 1 aromatic rings. The summed E-state index contributed by atoms with van der Waals surface area (Å²) in [7, 11) is 0. The summed E-state index contributed by atoms with van der Waals surface area (Å²) < 4.78 is 12.8. The summed E-state index contributed by atoms with van der Waals surface area (Å²) in [5.41, 5.74) is 0.622. The summed E-state index contributed by atoms with van der Waals surface area (Å²) in [5, 5.41) is 8.83. The zero-order valence-electron chi connectivity index (χ0n) is 9.83. The molecule has 0 saturated carbocycles. The van der Waals surface area contributed by atoms with E-state index >= 15 is 0 Å². The molecule has 0 fully saturated rings. The lowest BCUT2D eigenvalue weighted by atomic mass is 9.74. The zero-order chi connectivity index (χ0) is 12.3. The van der Waals surface area contributed by atoms with E-state index in [1.54, 1.807) is 12.1 Å². The van der Waals surface area contributed by atoms with E-state index in [9.17, 15) is 9.18 Å². The Kier molecular flexibility index (Phi) is 3.68. The highest BCUT2D eigenvalue weighted by atomic mass is 19.1. The van der Waals surface area contributed by atoms with Crippen LogP contribution in [-0.2, 0) is 4.79 Å². The van der Waals surface area contributed by atoms with Gasteiger partial charge in [0.2, 0.25) is 0 Å². The Labute approximate surface area is 95.1 Å². The van der Waals surface area contributed by atoms with Gasteiger partial charge in [0, 0.05) is 0 Å². The van der Waals surface area contributed by atoms with E-state index in [-0.39, 0.29) is 23.6 Å². The predicted octanol–water partition coefficient (Wildman–Crippen LogP) is 3.43. The minimum Gasteiger partial charge on any atom is -0.481 e. The van der Waals surface area contributed by atoms with Crippen molar-refractivity contribution in [3.8, 4) is 0 Å². The third-order valence-corrected chi connectivity index (χ3v) is 3.15. The van der Waals surface area contributed by atoms with E-state index < -0.39 is 5.97 Å². The molecule has 0 aliphatic carbocycles. The van der Waals surface area contributed by atoms with E-state index in [1.807, 2.05) is 20.8 Å². The molecular formula is C13H17FO2. The molecule has 1 aromatic carbocycles. The number of halogens is 1. The maximum atomic E-state index is 12.8. The summed E-state index contributed by atoms with van der Waals surface area (Å²) >= 11 is 0. The molecule has 0 spiro atoms. The van der Waals surface area contributed by atoms with Crippen LogP contribution in [0.4, 0.5) is 4.39 Å². The average Bonchev–Trinajstić information content (AvgIpc) is 2.16. The second-order valence-electron chi connectivity index (χ2n) is 4.83. The minimum absolute atomic E-state index is 0.0733. The van der Waals surface area contributed by atoms with Gasteiger partial charge < -0.3 is 5.11 Å². The third kappa shape index (κ3) is 3.05. The molecule has 0 aromatic heterocycles. The molecule has 1 N–H and O–H groups in total. The first-order chi connectivity index (χ1) is 7.33. The Morgan fingerprint density at radius 1 is 1.38 bits per heavy atom. The van der Waals surface area contributed by atoms with Crippen LogP contribution in [0.1, 0.15) is 38.7 Å². The van der Waals surface area contributed by atoms with Crippen LogP contribution in [0.3, 0.4) is 0 Å². The first-order valence-electron chi connectivity index (χ1n) is 5.30. The fraction of sp³-hybridized carbons (Fsp3) is 0.462. The van der Waals surface area contributed by atoms with Gasteiger partial charge in [-0.3, -0.25) is 4.79 Å². The summed E-state index contributed by atoms with van der Waals surface area (Å²) in [5.74, 6) is -1.00. The molecule has 16 heavy (non-hydrogen) atoms. The highest BCUT2D eigenvalue weighted by molar-refractivity contribution is 5.67. The monoisotopic (exact) mass is 224 g/mol. The summed E-state index contributed by atoms with van der Waals surface area (Å²) in [6, 6.07) is 6.23. The number of carboxylic acid groups (broad SMARTS) is 1. The van der Waals surface area contributed by atoms with Crippen molar-refractivity contribution in [1.29, 1.82) is 0 Å². The Morgan fingerprint density at radius 3 is 2.31 bits per heavy atom. The van der Waals surface area contributed by atoms with E-state index in [1.165, 1.54) is 12.1 Å². The largest absolute Gasteiger partial charge is 0.481 e. The normalized spacial score (nSPS) is 13.5. The van der Waals surface area contributed by atoms with Gasteiger partial charge in [-0.2, -0.15) is 0 Å². The summed E-state index contributed by atoms with van der Waals surface area (Å²) in [6.45, 7) is 5.79. The first kappa shape index (κ1) is 12.7. The molecule has 0 bridgehead atoms. The predicted molar refractivity (Wildman–Crippen MR) is 60.8 cm³/mol. The summed E-state index contributed by atoms with van der Waals surface area (Å²) in [4.78, 5) is 10.7. The van der Waals surface area contributed by atoms with Gasteiger partial charge in [0.25, 0.3) is 0 Å². The maximum Gasteiger partial charge on any atom is 0.303 e. The van der Waals surface area contributed by atoms with Gasteiger partial charge in [-0.1, -0.05) is 32.9 Å².